The van der Waals surface area contributed by atoms with E-state index < -0.39 is 6.04 Å². The minimum absolute atomic E-state index is 0.00240. The van der Waals surface area contributed by atoms with Crippen LogP contribution in [0.2, 0.25) is 0 Å². The van der Waals surface area contributed by atoms with E-state index in [4.69, 9.17) is 4.42 Å². The second-order valence-electron chi connectivity index (χ2n) is 8.06. The van der Waals surface area contributed by atoms with Crippen LogP contribution in [-0.4, -0.2) is 53.2 Å². The van der Waals surface area contributed by atoms with Crippen molar-refractivity contribution in [1.82, 2.24) is 15.1 Å². The number of amides is 3. The SMILES string of the molecule is O=C(NCc1ccco1)C1CCN(C(=O)C2CCCN2C(=O)c2ccc(Br)cc2)CC1. The van der Waals surface area contributed by atoms with E-state index in [1.807, 2.05) is 23.1 Å². The molecular formula is C23H26BrN3O4. The Bertz CT molecular complexity index is 921. The molecule has 2 aliphatic heterocycles. The van der Waals surface area contributed by atoms with Crippen molar-refractivity contribution in [2.24, 2.45) is 5.92 Å². The Morgan fingerprint density at radius 3 is 2.45 bits per heavy atom. The standard InChI is InChI=1S/C23H26BrN3O4/c24-18-7-5-17(6-8-18)22(29)27-11-1-4-20(27)23(30)26-12-9-16(10-13-26)21(28)25-15-19-3-2-14-31-19/h2-3,5-8,14,16,20H,1,4,9-13,15H2,(H,25,28). The molecule has 164 valence electrons. The smallest absolute Gasteiger partial charge is 0.254 e. The molecule has 1 unspecified atom stereocenters. The maximum atomic E-state index is 13.2. The number of halogens is 1. The van der Waals surface area contributed by atoms with E-state index in [1.54, 1.807) is 29.4 Å². The van der Waals surface area contributed by atoms with Gasteiger partial charge in [0.05, 0.1) is 12.8 Å². The molecule has 3 heterocycles. The molecule has 4 rings (SSSR count). The van der Waals surface area contributed by atoms with E-state index in [0.29, 0.717) is 51.0 Å². The van der Waals surface area contributed by atoms with Crippen LogP contribution in [0.4, 0.5) is 0 Å². The summed E-state index contributed by atoms with van der Waals surface area (Å²) in [6.45, 7) is 2.04. The zero-order chi connectivity index (χ0) is 21.8. The summed E-state index contributed by atoms with van der Waals surface area (Å²) in [7, 11) is 0. The number of rotatable bonds is 5. The second kappa shape index (κ2) is 9.68. The Hall–Kier alpha value is -2.61. The predicted octanol–water partition coefficient (Wildman–Crippen LogP) is 3.20. The first-order valence-corrected chi connectivity index (χ1v) is 11.5. The Morgan fingerprint density at radius 1 is 1.03 bits per heavy atom. The molecule has 2 aromatic rings. The highest BCUT2D eigenvalue weighted by atomic mass is 79.9. The van der Waals surface area contributed by atoms with Gasteiger partial charge in [-0.15, -0.1) is 0 Å². The molecule has 1 atom stereocenters. The van der Waals surface area contributed by atoms with Crippen molar-refractivity contribution in [2.75, 3.05) is 19.6 Å². The number of nitrogens with zero attached hydrogens (tertiary/aromatic N) is 2. The van der Waals surface area contributed by atoms with E-state index in [1.165, 1.54) is 0 Å². The normalized spacial score (nSPS) is 19.5. The molecule has 0 radical (unpaired) electrons. The number of nitrogens with one attached hydrogen (secondary N) is 1. The Kier molecular flexibility index (Phi) is 6.75. The Balaban J connectivity index is 1.30. The third kappa shape index (κ3) is 5.01. The lowest BCUT2D eigenvalue weighted by Crippen LogP contribution is -2.51. The third-order valence-electron chi connectivity index (χ3n) is 6.08. The number of carbonyl (C=O) groups is 3. The van der Waals surface area contributed by atoms with E-state index in [2.05, 4.69) is 21.2 Å². The van der Waals surface area contributed by atoms with Crippen LogP contribution >= 0.6 is 15.9 Å². The monoisotopic (exact) mass is 487 g/mol. The average Bonchev–Trinajstić information content (AvgIpc) is 3.49. The van der Waals surface area contributed by atoms with Crippen LogP contribution in [0, 0.1) is 5.92 Å². The van der Waals surface area contributed by atoms with Crippen molar-refractivity contribution < 1.29 is 18.8 Å². The zero-order valence-corrected chi connectivity index (χ0v) is 18.8. The van der Waals surface area contributed by atoms with Crippen LogP contribution in [-0.2, 0) is 16.1 Å². The summed E-state index contributed by atoms with van der Waals surface area (Å²) in [6, 6.07) is 10.4. The predicted molar refractivity (Wildman–Crippen MR) is 118 cm³/mol. The van der Waals surface area contributed by atoms with Gasteiger partial charge in [-0.25, -0.2) is 0 Å². The summed E-state index contributed by atoms with van der Waals surface area (Å²) in [5, 5.41) is 2.91. The van der Waals surface area contributed by atoms with E-state index in [-0.39, 0.29) is 23.6 Å². The lowest BCUT2D eigenvalue weighted by atomic mass is 9.95. The molecule has 0 aliphatic carbocycles. The van der Waals surface area contributed by atoms with Crippen molar-refractivity contribution in [1.29, 1.82) is 0 Å². The molecule has 0 saturated carbocycles. The number of hydrogen-bond donors (Lipinski definition) is 1. The highest BCUT2D eigenvalue weighted by molar-refractivity contribution is 9.10. The second-order valence-corrected chi connectivity index (χ2v) is 8.98. The molecule has 8 heteroatoms. The summed E-state index contributed by atoms with van der Waals surface area (Å²) in [4.78, 5) is 42.1. The fraction of sp³-hybridized carbons (Fsp3) is 0.435. The molecule has 1 aromatic heterocycles. The van der Waals surface area contributed by atoms with Gasteiger partial charge in [0.1, 0.15) is 11.8 Å². The molecule has 0 spiro atoms. The summed E-state index contributed by atoms with van der Waals surface area (Å²) >= 11 is 3.38. The number of carbonyl (C=O) groups excluding carboxylic acids is 3. The first-order valence-electron chi connectivity index (χ1n) is 10.7. The summed E-state index contributed by atoms with van der Waals surface area (Å²) in [5.74, 6) is 0.505. The molecule has 1 N–H and O–H groups in total. The Labute approximate surface area is 189 Å². The lowest BCUT2D eigenvalue weighted by Gasteiger charge is -2.35. The molecule has 3 amide bonds. The van der Waals surface area contributed by atoms with Gasteiger partial charge < -0.3 is 19.5 Å². The van der Waals surface area contributed by atoms with Gasteiger partial charge in [-0.2, -0.15) is 0 Å². The van der Waals surface area contributed by atoms with Crippen LogP contribution < -0.4 is 5.32 Å². The lowest BCUT2D eigenvalue weighted by molar-refractivity contribution is -0.138. The fourth-order valence-electron chi connectivity index (χ4n) is 4.33. The molecule has 2 fully saturated rings. The number of likely N-dealkylation sites (tertiary alicyclic amines) is 2. The van der Waals surface area contributed by atoms with Crippen molar-refractivity contribution in [3.05, 3.63) is 58.5 Å². The maximum absolute atomic E-state index is 13.2. The summed E-state index contributed by atoms with van der Waals surface area (Å²) in [6.07, 6.45) is 4.35. The third-order valence-corrected chi connectivity index (χ3v) is 6.61. The molecule has 0 bridgehead atoms. The molecule has 2 saturated heterocycles. The Morgan fingerprint density at radius 2 is 1.77 bits per heavy atom. The highest BCUT2D eigenvalue weighted by Crippen LogP contribution is 2.25. The minimum atomic E-state index is -0.416. The van der Waals surface area contributed by atoms with Crippen LogP contribution in [0.1, 0.15) is 41.8 Å². The van der Waals surface area contributed by atoms with Crippen LogP contribution in [0.25, 0.3) is 0 Å². The highest BCUT2D eigenvalue weighted by Gasteiger charge is 2.38. The summed E-state index contributed by atoms with van der Waals surface area (Å²) < 4.78 is 6.15. The van der Waals surface area contributed by atoms with Gasteiger partial charge in [-0.05, 0) is 62.1 Å². The van der Waals surface area contributed by atoms with Gasteiger partial charge in [0.25, 0.3) is 5.91 Å². The van der Waals surface area contributed by atoms with E-state index in [9.17, 15) is 14.4 Å². The van der Waals surface area contributed by atoms with Crippen molar-refractivity contribution >= 4 is 33.7 Å². The van der Waals surface area contributed by atoms with Crippen molar-refractivity contribution in [3.8, 4) is 0 Å². The quantitative estimate of drug-likeness (QED) is 0.701. The average molecular weight is 488 g/mol. The van der Waals surface area contributed by atoms with E-state index in [0.717, 1.165) is 16.7 Å². The molecule has 31 heavy (non-hydrogen) atoms. The van der Waals surface area contributed by atoms with Gasteiger partial charge in [0.15, 0.2) is 0 Å². The fourth-order valence-corrected chi connectivity index (χ4v) is 4.59. The molecule has 2 aliphatic rings. The maximum Gasteiger partial charge on any atom is 0.254 e. The van der Waals surface area contributed by atoms with Crippen molar-refractivity contribution in [3.63, 3.8) is 0 Å². The van der Waals surface area contributed by atoms with Gasteiger partial charge in [-0.1, -0.05) is 15.9 Å². The van der Waals surface area contributed by atoms with Crippen molar-refractivity contribution in [2.45, 2.75) is 38.3 Å². The topological polar surface area (TPSA) is 82.9 Å². The first kappa shape index (κ1) is 21.6. The van der Waals surface area contributed by atoms with Gasteiger partial charge >= 0.3 is 0 Å². The largest absolute Gasteiger partial charge is 0.467 e. The van der Waals surface area contributed by atoms with Crippen LogP contribution in [0.5, 0.6) is 0 Å². The number of benzene rings is 1. The van der Waals surface area contributed by atoms with Gasteiger partial charge in [0, 0.05) is 35.6 Å². The number of piperidine rings is 1. The summed E-state index contributed by atoms with van der Waals surface area (Å²) in [5.41, 5.74) is 0.592. The molecular weight excluding hydrogens is 462 g/mol. The van der Waals surface area contributed by atoms with Crippen LogP contribution in [0.3, 0.4) is 0 Å². The zero-order valence-electron chi connectivity index (χ0n) is 17.3. The van der Waals surface area contributed by atoms with Gasteiger partial charge in [-0.3, -0.25) is 14.4 Å². The number of hydrogen-bond acceptors (Lipinski definition) is 4. The first-order chi connectivity index (χ1) is 15.0. The molecule has 1 aromatic carbocycles. The van der Waals surface area contributed by atoms with Gasteiger partial charge in [0.2, 0.25) is 11.8 Å². The van der Waals surface area contributed by atoms with E-state index >= 15 is 0 Å². The number of furan rings is 1. The minimum Gasteiger partial charge on any atom is -0.467 e. The van der Waals surface area contributed by atoms with Crippen LogP contribution in [0.15, 0.2) is 51.6 Å². The molecule has 7 nitrogen and oxygen atoms in total.